The van der Waals surface area contributed by atoms with Crippen molar-refractivity contribution in [1.82, 2.24) is 5.32 Å². The molecule has 2 N–H and O–H groups in total. The fraction of sp³-hybridized carbons (Fsp3) is 0.310. The molecule has 38 heavy (non-hydrogen) atoms. The number of nitrogens with one attached hydrogen (secondary N) is 2. The van der Waals surface area contributed by atoms with Crippen LogP contribution in [-0.4, -0.2) is 18.0 Å². The average molecular weight is 560 g/mol. The topological polar surface area (TPSA) is 64.9 Å². The summed E-state index contributed by atoms with van der Waals surface area (Å²) in [5.74, 6) is -3.96. The van der Waals surface area contributed by atoms with Crippen LogP contribution < -0.4 is 10.6 Å². The molecule has 1 saturated heterocycles. The number of nitriles is 1. The molecule has 4 atom stereocenters. The van der Waals surface area contributed by atoms with Crippen LogP contribution in [0.2, 0.25) is 10.0 Å². The second-order valence-corrected chi connectivity index (χ2v) is 11.5. The summed E-state index contributed by atoms with van der Waals surface area (Å²) in [5.41, 5.74) is -1.96. The Kier molecular flexibility index (Phi) is 7.81. The predicted octanol–water partition coefficient (Wildman–Crippen LogP) is 7.37. The summed E-state index contributed by atoms with van der Waals surface area (Å²) in [7, 11) is 0. The normalized spacial score (nSPS) is 23.2. The molecule has 0 spiro atoms. The third kappa shape index (κ3) is 5.26. The first-order valence-corrected chi connectivity index (χ1v) is 12.8. The molecule has 1 aliphatic rings. The minimum atomic E-state index is -1.74. The van der Waals surface area contributed by atoms with E-state index in [1.54, 1.807) is 0 Å². The fourth-order valence-electron chi connectivity index (χ4n) is 5.34. The molecule has 198 valence electrons. The zero-order chi connectivity index (χ0) is 27.8. The van der Waals surface area contributed by atoms with Crippen molar-refractivity contribution in [3.63, 3.8) is 0 Å². The average Bonchev–Trinajstić information content (AvgIpc) is 3.14. The van der Waals surface area contributed by atoms with Crippen molar-refractivity contribution in [3.8, 4) is 6.07 Å². The second kappa shape index (κ2) is 10.6. The Hall–Kier alpha value is -3.05. The van der Waals surface area contributed by atoms with E-state index >= 15 is 8.78 Å². The highest BCUT2D eigenvalue weighted by molar-refractivity contribution is 6.31. The van der Waals surface area contributed by atoms with Crippen molar-refractivity contribution in [2.75, 3.05) is 5.32 Å². The summed E-state index contributed by atoms with van der Waals surface area (Å²) in [4.78, 5) is 13.7. The minimum absolute atomic E-state index is 0.0169. The molecule has 0 aliphatic carbocycles. The van der Waals surface area contributed by atoms with Crippen LogP contribution in [0.25, 0.3) is 0 Å². The Labute approximate surface area is 229 Å². The Morgan fingerprint density at radius 2 is 1.79 bits per heavy atom. The maximum absolute atomic E-state index is 15.6. The smallest absolute Gasteiger partial charge is 0.242 e. The lowest BCUT2D eigenvalue weighted by molar-refractivity contribution is -0.118. The lowest BCUT2D eigenvalue weighted by Gasteiger charge is -2.37. The highest BCUT2D eigenvalue weighted by atomic mass is 35.5. The third-order valence-corrected chi connectivity index (χ3v) is 7.35. The molecule has 9 heteroatoms. The molecule has 0 aromatic heterocycles. The van der Waals surface area contributed by atoms with E-state index in [9.17, 15) is 14.4 Å². The number of hydrogen-bond acceptors (Lipinski definition) is 3. The minimum Gasteiger partial charge on any atom is -0.325 e. The van der Waals surface area contributed by atoms with Gasteiger partial charge in [-0.05, 0) is 53.8 Å². The van der Waals surface area contributed by atoms with E-state index in [4.69, 9.17) is 23.2 Å². The molecule has 3 aromatic carbocycles. The van der Waals surface area contributed by atoms with E-state index in [1.165, 1.54) is 48.5 Å². The van der Waals surface area contributed by atoms with Crippen molar-refractivity contribution >= 4 is 34.8 Å². The van der Waals surface area contributed by atoms with Crippen molar-refractivity contribution in [1.29, 1.82) is 5.26 Å². The molecule has 0 saturated carbocycles. The maximum atomic E-state index is 15.6. The van der Waals surface area contributed by atoms with Gasteiger partial charge in [-0.15, -0.1) is 0 Å². The maximum Gasteiger partial charge on any atom is 0.242 e. The molecule has 1 fully saturated rings. The Bertz CT molecular complexity index is 1420. The quantitative estimate of drug-likeness (QED) is 0.343. The van der Waals surface area contributed by atoms with Gasteiger partial charge in [0.1, 0.15) is 22.9 Å². The Morgan fingerprint density at radius 1 is 1.08 bits per heavy atom. The van der Waals surface area contributed by atoms with Crippen LogP contribution in [0.4, 0.5) is 18.9 Å². The fourth-order valence-corrected chi connectivity index (χ4v) is 5.68. The summed E-state index contributed by atoms with van der Waals surface area (Å²) in [5, 5.41) is 16.6. The zero-order valence-corrected chi connectivity index (χ0v) is 22.5. The SMILES string of the molecule is CC(C)(C)C[C@@H]1N[C@@H](C(=O)Nc2cccc(F)c2)[C@H](c2cccc(Cl)c2F)[C@@]1(C#N)c1ccc(Cl)cc1F. The standard InChI is InChI=1S/C29H26Cl2F3N3O/c1-28(2,3)14-23-29(15-35,20-11-10-16(30)12-22(20)33)24(19-8-5-9-21(31)25(19)34)26(37-23)27(38)36-18-7-4-6-17(32)13-18/h4-13,23-24,26,37H,14H2,1-3H3,(H,36,38)/t23-,24-,26+,29-/m0/s1. The summed E-state index contributed by atoms with van der Waals surface area (Å²) < 4.78 is 45.1. The van der Waals surface area contributed by atoms with E-state index in [-0.39, 0.29) is 32.3 Å². The van der Waals surface area contributed by atoms with Gasteiger partial charge in [-0.2, -0.15) is 5.26 Å². The van der Waals surface area contributed by atoms with E-state index < -0.39 is 46.8 Å². The van der Waals surface area contributed by atoms with Gasteiger partial charge in [0.05, 0.1) is 17.1 Å². The molecule has 0 radical (unpaired) electrons. The van der Waals surface area contributed by atoms with Crippen molar-refractivity contribution in [2.45, 2.75) is 50.6 Å². The van der Waals surface area contributed by atoms with Crippen LogP contribution in [0, 0.1) is 34.2 Å². The summed E-state index contributed by atoms with van der Waals surface area (Å²) >= 11 is 12.2. The number of benzene rings is 3. The summed E-state index contributed by atoms with van der Waals surface area (Å²) in [6.07, 6.45) is 0.338. The predicted molar refractivity (Wildman–Crippen MR) is 143 cm³/mol. The summed E-state index contributed by atoms with van der Waals surface area (Å²) in [6, 6.07) is 13.9. The number of halogens is 5. The van der Waals surface area contributed by atoms with E-state index in [0.717, 1.165) is 12.1 Å². The van der Waals surface area contributed by atoms with Gasteiger partial charge in [0.2, 0.25) is 5.91 Å². The largest absolute Gasteiger partial charge is 0.325 e. The number of amides is 1. The molecular formula is C29H26Cl2F3N3O. The van der Waals surface area contributed by atoms with E-state index in [1.807, 2.05) is 20.8 Å². The first kappa shape index (κ1) is 28.0. The molecule has 1 amide bonds. The van der Waals surface area contributed by atoms with Crippen molar-refractivity contribution < 1.29 is 18.0 Å². The van der Waals surface area contributed by atoms with Gasteiger partial charge in [0.15, 0.2) is 0 Å². The molecule has 0 unspecified atom stereocenters. The highest BCUT2D eigenvalue weighted by Crippen LogP contribution is 2.52. The molecule has 1 heterocycles. The van der Waals surface area contributed by atoms with Crippen LogP contribution in [0.15, 0.2) is 60.7 Å². The van der Waals surface area contributed by atoms with Gasteiger partial charge >= 0.3 is 0 Å². The van der Waals surface area contributed by atoms with Crippen LogP contribution in [0.5, 0.6) is 0 Å². The lowest BCUT2D eigenvalue weighted by Crippen LogP contribution is -2.45. The van der Waals surface area contributed by atoms with Crippen molar-refractivity contribution in [3.05, 3.63) is 99.3 Å². The molecular weight excluding hydrogens is 534 g/mol. The summed E-state index contributed by atoms with van der Waals surface area (Å²) in [6.45, 7) is 5.85. The van der Waals surface area contributed by atoms with Crippen LogP contribution in [0.3, 0.4) is 0 Å². The van der Waals surface area contributed by atoms with Gasteiger partial charge in [0.25, 0.3) is 0 Å². The number of hydrogen-bond donors (Lipinski definition) is 2. The van der Waals surface area contributed by atoms with Gasteiger partial charge in [-0.3, -0.25) is 4.79 Å². The first-order valence-electron chi connectivity index (χ1n) is 12.0. The van der Waals surface area contributed by atoms with Crippen LogP contribution in [0.1, 0.15) is 44.2 Å². The lowest BCUT2D eigenvalue weighted by atomic mass is 9.62. The highest BCUT2D eigenvalue weighted by Gasteiger charge is 2.61. The van der Waals surface area contributed by atoms with Gasteiger partial charge < -0.3 is 10.6 Å². The Morgan fingerprint density at radius 3 is 2.42 bits per heavy atom. The molecule has 4 rings (SSSR count). The number of carbonyl (C=O) groups excluding carboxylic acids is 1. The number of anilines is 1. The van der Waals surface area contributed by atoms with Crippen LogP contribution in [-0.2, 0) is 10.2 Å². The van der Waals surface area contributed by atoms with Gasteiger partial charge in [0, 0.05) is 28.2 Å². The second-order valence-electron chi connectivity index (χ2n) is 10.7. The number of carbonyl (C=O) groups is 1. The third-order valence-electron chi connectivity index (χ3n) is 6.82. The van der Waals surface area contributed by atoms with E-state index in [2.05, 4.69) is 16.7 Å². The zero-order valence-electron chi connectivity index (χ0n) is 21.0. The molecule has 0 bridgehead atoms. The molecule has 1 aliphatic heterocycles. The monoisotopic (exact) mass is 559 g/mol. The van der Waals surface area contributed by atoms with Crippen LogP contribution >= 0.6 is 23.2 Å². The van der Waals surface area contributed by atoms with E-state index in [0.29, 0.717) is 6.42 Å². The first-order chi connectivity index (χ1) is 17.9. The van der Waals surface area contributed by atoms with Gasteiger partial charge in [-0.25, -0.2) is 13.2 Å². The van der Waals surface area contributed by atoms with Crippen molar-refractivity contribution in [2.24, 2.45) is 5.41 Å². The Balaban J connectivity index is 1.97. The van der Waals surface area contributed by atoms with Gasteiger partial charge in [-0.1, -0.05) is 68.2 Å². The number of rotatable bonds is 5. The number of nitrogens with zero attached hydrogens (tertiary/aromatic N) is 1. The molecule has 4 nitrogen and oxygen atoms in total. The molecule has 3 aromatic rings.